The molecule has 0 spiro atoms. The van der Waals surface area contributed by atoms with Crippen molar-refractivity contribution in [2.75, 3.05) is 33.8 Å². The zero-order valence-corrected chi connectivity index (χ0v) is 20.6. The van der Waals surface area contributed by atoms with Gasteiger partial charge in [0.15, 0.2) is 5.75 Å². The van der Waals surface area contributed by atoms with Crippen LogP contribution in [0.1, 0.15) is 11.3 Å². The number of aromatic hydroxyl groups is 1. The number of pyridine rings is 1. The van der Waals surface area contributed by atoms with Crippen molar-refractivity contribution in [3.05, 3.63) is 39.8 Å². The molecule has 0 saturated heterocycles. The Morgan fingerprint density at radius 1 is 1.29 bits per heavy atom. The van der Waals surface area contributed by atoms with Crippen molar-refractivity contribution in [1.29, 1.82) is 0 Å². The molecule has 3 heterocycles. The van der Waals surface area contributed by atoms with E-state index in [1.165, 1.54) is 0 Å². The van der Waals surface area contributed by atoms with E-state index in [0.29, 0.717) is 29.1 Å². The molecule has 0 bridgehead atoms. The second kappa shape index (κ2) is 11.0. The number of ether oxygens (including phenoxy) is 2. The number of benzene rings is 1. The molecule has 34 heavy (non-hydrogen) atoms. The molecule has 0 saturated carbocycles. The number of H-pyrrole nitrogens is 1. The van der Waals surface area contributed by atoms with Gasteiger partial charge in [-0.15, -0.1) is 24.8 Å². The second-order valence-electron chi connectivity index (χ2n) is 8.03. The highest BCUT2D eigenvalue weighted by Crippen LogP contribution is 2.41. The van der Waals surface area contributed by atoms with Crippen molar-refractivity contribution in [2.45, 2.75) is 13.0 Å². The van der Waals surface area contributed by atoms with Gasteiger partial charge in [-0.05, 0) is 26.2 Å². The van der Waals surface area contributed by atoms with Gasteiger partial charge in [0.25, 0.3) is 5.56 Å². The van der Waals surface area contributed by atoms with Gasteiger partial charge in [-0.25, -0.2) is 4.79 Å². The first-order valence-corrected chi connectivity index (χ1v) is 10.3. The summed E-state index contributed by atoms with van der Waals surface area (Å²) in [6.45, 7) is 2.76. The summed E-state index contributed by atoms with van der Waals surface area (Å²) in [4.78, 5) is 28.1. The van der Waals surface area contributed by atoms with Gasteiger partial charge in [0.1, 0.15) is 5.75 Å². The predicted octanol–water partition coefficient (Wildman–Crippen LogP) is 2.73. The molecule has 4 rings (SSSR count). The molecule has 0 unspecified atom stereocenters. The average Bonchev–Trinajstić information content (AvgIpc) is 2.92. The van der Waals surface area contributed by atoms with Crippen LogP contribution in [0.5, 0.6) is 17.2 Å². The standard InChI is InChI=1S/C22H26N4O6.2ClH/c1-25(2)6-5-23-11-13-8-12-9-15-17(10-16(12)26(13)3)31-7-4-14-18(15)24-21(28)20(19(14)27)32-22(29)30;;/h8-10,23H,4-7,11H2,1-3H3,(H,29,30)(H2,24,27,28);2*1H. The van der Waals surface area contributed by atoms with Gasteiger partial charge in [0, 0.05) is 61.4 Å². The van der Waals surface area contributed by atoms with Crippen LogP contribution in [0, 0.1) is 0 Å². The summed E-state index contributed by atoms with van der Waals surface area (Å²) in [5.41, 5.74) is 2.65. The Hall–Kier alpha value is -2.92. The molecular weight excluding hydrogens is 487 g/mol. The third-order valence-electron chi connectivity index (χ3n) is 5.60. The quantitative estimate of drug-likeness (QED) is 0.292. The van der Waals surface area contributed by atoms with Crippen LogP contribution < -0.4 is 20.3 Å². The molecule has 2 aromatic heterocycles. The Morgan fingerprint density at radius 3 is 2.71 bits per heavy atom. The number of fused-ring (bicyclic) bond motifs is 4. The van der Waals surface area contributed by atoms with E-state index in [-0.39, 0.29) is 37.8 Å². The molecule has 0 fully saturated rings. The maximum Gasteiger partial charge on any atom is 0.511 e. The van der Waals surface area contributed by atoms with E-state index < -0.39 is 23.2 Å². The van der Waals surface area contributed by atoms with Crippen molar-refractivity contribution in [3.63, 3.8) is 0 Å². The number of aryl methyl sites for hydroxylation is 1. The Balaban J connectivity index is 0.00000204. The third kappa shape index (κ3) is 5.25. The molecule has 1 aliphatic rings. The number of carboxylic acid groups (broad SMARTS) is 1. The van der Waals surface area contributed by atoms with E-state index in [4.69, 9.17) is 9.84 Å². The van der Waals surface area contributed by atoms with Crippen LogP contribution in [0.15, 0.2) is 23.0 Å². The highest BCUT2D eigenvalue weighted by Gasteiger charge is 2.26. The number of nitrogens with one attached hydrogen (secondary N) is 2. The fraction of sp³-hybridized carbons (Fsp3) is 0.364. The summed E-state index contributed by atoms with van der Waals surface area (Å²) < 4.78 is 12.5. The molecule has 0 atom stereocenters. The molecule has 4 N–H and O–H groups in total. The third-order valence-corrected chi connectivity index (χ3v) is 5.60. The Labute approximate surface area is 208 Å². The SMILES string of the molecule is CN(C)CCNCc1cc2cc3c(cc2n1C)OCCc1c-3[nH]c(=O)c(OC(=O)O)c1O.Cl.Cl. The molecule has 0 radical (unpaired) electrons. The summed E-state index contributed by atoms with van der Waals surface area (Å²) in [5, 5.41) is 23.8. The lowest BCUT2D eigenvalue weighted by Gasteiger charge is -2.12. The largest absolute Gasteiger partial charge is 0.511 e. The van der Waals surface area contributed by atoms with Crippen molar-refractivity contribution < 1.29 is 24.5 Å². The molecule has 10 nitrogen and oxygen atoms in total. The monoisotopic (exact) mass is 514 g/mol. The fourth-order valence-electron chi connectivity index (χ4n) is 3.95. The molecule has 1 aromatic carbocycles. The smallest absolute Gasteiger partial charge is 0.504 e. The topological polar surface area (TPSA) is 129 Å². The average molecular weight is 515 g/mol. The summed E-state index contributed by atoms with van der Waals surface area (Å²) in [7, 11) is 6.05. The second-order valence-corrected chi connectivity index (χ2v) is 8.03. The predicted molar refractivity (Wildman–Crippen MR) is 133 cm³/mol. The lowest BCUT2D eigenvalue weighted by Crippen LogP contribution is -2.26. The van der Waals surface area contributed by atoms with E-state index in [1.807, 2.05) is 33.3 Å². The summed E-state index contributed by atoms with van der Waals surface area (Å²) in [6.07, 6.45) is -1.39. The minimum Gasteiger partial charge on any atom is -0.504 e. The highest BCUT2D eigenvalue weighted by molar-refractivity contribution is 5.90. The number of aromatic nitrogens is 2. The molecule has 3 aromatic rings. The minimum atomic E-state index is -1.67. The van der Waals surface area contributed by atoms with Crippen LogP contribution in [-0.4, -0.2) is 64.6 Å². The molecule has 0 aliphatic carbocycles. The number of rotatable bonds is 6. The Kier molecular flexibility index (Phi) is 8.84. The number of carbonyl (C=O) groups is 1. The van der Waals surface area contributed by atoms with Crippen molar-refractivity contribution in [2.24, 2.45) is 7.05 Å². The van der Waals surface area contributed by atoms with E-state index >= 15 is 0 Å². The van der Waals surface area contributed by atoms with Gasteiger partial charge in [-0.3, -0.25) is 4.79 Å². The molecule has 1 aliphatic heterocycles. The minimum absolute atomic E-state index is 0. The Bertz CT molecular complexity index is 1250. The molecular formula is C22H28Cl2N4O6. The first-order chi connectivity index (χ1) is 15.3. The van der Waals surface area contributed by atoms with Crippen LogP contribution in [0.3, 0.4) is 0 Å². The zero-order chi connectivity index (χ0) is 23.0. The fourth-order valence-corrected chi connectivity index (χ4v) is 3.95. The van der Waals surface area contributed by atoms with Gasteiger partial charge in [-0.2, -0.15) is 0 Å². The van der Waals surface area contributed by atoms with Gasteiger partial charge >= 0.3 is 6.16 Å². The van der Waals surface area contributed by atoms with Gasteiger partial charge in [0.05, 0.1) is 17.8 Å². The maximum absolute atomic E-state index is 12.4. The summed E-state index contributed by atoms with van der Waals surface area (Å²) in [6, 6.07) is 5.90. The van der Waals surface area contributed by atoms with E-state index in [9.17, 15) is 14.7 Å². The van der Waals surface area contributed by atoms with Crippen LogP contribution >= 0.6 is 24.8 Å². The summed E-state index contributed by atoms with van der Waals surface area (Å²) >= 11 is 0. The zero-order valence-electron chi connectivity index (χ0n) is 19.0. The normalized spacial score (nSPS) is 12.1. The van der Waals surface area contributed by atoms with Gasteiger partial charge in [-0.1, -0.05) is 0 Å². The van der Waals surface area contributed by atoms with Crippen LogP contribution in [-0.2, 0) is 20.0 Å². The number of nitrogens with zero attached hydrogens (tertiary/aromatic N) is 2. The molecule has 12 heteroatoms. The van der Waals surface area contributed by atoms with Crippen LogP contribution in [0.25, 0.3) is 22.2 Å². The maximum atomic E-state index is 12.4. The van der Waals surface area contributed by atoms with Crippen LogP contribution in [0.4, 0.5) is 4.79 Å². The lowest BCUT2D eigenvalue weighted by atomic mass is 10.0. The van der Waals surface area contributed by atoms with Crippen molar-refractivity contribution in [3.8, 4) is 28.5 Å². The van der Waals surface area contributed by atoms with Crippen LogP contribution in [0.2, 0.25) is 0 Å². The molecule has 186 valence electrons. The number of likely N-dealkylation sites (N-methyl/N-ethyl adjacent to an activating group) is 1. The number of halogens is 2. The van der Waals surface area contributed by atoms with Crippen molar-refractivity contribution in [1.82, 2.24) is 19.8 Å². The van der Waals surface area contributed by atoms with E-state index in [2.05, 4.69) is 30.6 Å². The number of aromatic amines is 1. The van der Waals surface area contributed by atoms with Gasteiger partial charge in [0.2, 0.25) is 5.75 Å². The lowest BCUT2D eigenvalue weighted by molar-refractivity contribution is 0.142. The summed E-state index contributed by atoms with van der Waals surface area (Å²) in [5.74, 6) is -0.542. The van der Waals surface area contributed by atoms with Gasteiger partial charge < -0.3 is 39.5 Å². The number of hydrogen-bond donors (Lipinski definition) is 4. The first kappa shape index (κ1) is 27.3. The van der Waals surface area contributed by atoms with E-state index in [1.54, 1.807) is 0 Å². The van der Waals surface area contributed by atoms with Crippen molar-refractivity contribution >= 4 is 41.9 Å². The first-order valence-electron chi connectivity index (χ1n) is 10.3. The molecule has 0 amide bonds. The number of hydrogen-bond acceptors (Lipinski definition) is 7. The Morgan fingerprint density at radius 2 is 2.03 bits per heavy atom. The highest BCUT2D eigenvalue weighted by atomic mass is 35.5. The van der Waals surface area contributed by atoms with E-state index in [0.717, 1.165) is 29.7 Å².